The van der Waals surface area contributed by atoms with Gasteiger partial charge in [-0.05, 0) is 19.8 Å². The summed E-state index contributed by atoms with van der Waals surface area (Å²) in [5, 5.41) is 17.5. The number of carbonyl (C=O) groups is 2. The highest BCUT2D eigenvalue weighted by atomic mass is 32.1. The highest BCUT2D eigenvalue weighted by molar-refractivity contribution is 7.09. The minimum atomic E-state index is -0.828. The van der Waals surface area contributed by atoms with Crippen LogP contribution >= 0.6 is 11.3 Å². The van der Waals surface area contributed by atoms with Crippen LogP contribution in [0.25, 0.3) is 0 Å². The first-order chi connectivity index (χ1) is 9.56. The van der Waals surface area contributed by atoms with Crippen molar-refractivity contribution in [3.05, 3.63) is 16.1 Å². The molecule has 2 amide bonds. The van der Waals surface area contributed by atoms with Gasteiger partial charge in [-0.15, -0.1) is 11.3 Å². The zero-order chi connectivity index (χ0) is 14.5. The third-order valence-electron chi connectivity index (χ3n) is 3.44. The lowest BCUT2D eigenvalue weighted by Crippen LogP contribution is -2.45. The van der Waals surface area contributed by atoms with Crippen LogP contribution in [-0.2, 0) is 11.2 Å². The molecule has 0 saturated heterocycles. The van der Waals surface area contributed by atoms with Crippen molar-refractivity contribution in [2.75, 3.05) is 6.54 Å². The fraction of sp³-hybridized carbons (Fsp3) is 0.615. The second kappa shape index (κ2) is 6.69. The second-order valence-electron chi connectivity index (χ2n) is 5.01. The molecule has 0 spiro atoms. The molecule has 2 rings (SSSR count). The molecule has 0 bridgehead atoms. The average Bonchev–Trinajstić information content (AvgIpc) is 2.98. The summed E-state index contributed by atoms with van der Waals surface area (Å²) in [4.78, 5) is 27.1. The molecule has 0 aromatic carbocycles. The summed E-state index contributed by atoms with van der Waals surface area (Å²) in [6.07, 6.45) is 2.91. The van der Waals surface area contributed by atoms with Gasteiger partial charge in [0.25, 0.3) is 0 Å². The lowest BCUT2D eigenvalue weighted by Gasteiger charge is -2.17. The predicted octanol–water partition coefficient (Wildman–Crippen LogP) is 1.55. The number of carboxylic acid groups (broad SMARTS) is 1. The fourth-order valence-corrected chi connectivity index (χ4v) is 3.22. The Hall–Kier alpha value is -1.63. The molecule has 110 valence electrons. The summed E-state index contributed by atoms with van der Waals surface area (Å²) in [5.74, 6) is -1.28. The predicted molar refractivity (Wildman–Crippen MR) is 75.9 cm³/mol. The Bertz CT molecular complexity index is 489. The fourth-order valence-electron chi connectivity index (χ4n) is 2.45. The van der Waals surface area contributed by atoms with Crippen molar-refractivity contribution in [1.29, 1.82) is 0 Å². The Balaban J connectivity index is 1.71. The number of hydrogen-bond acceptors (Lipinski definition) is 4. The van der Waals surface area contributed by atoms with Gasteiger partial charge in [0.15, 0.2) is 0 Å². The van der Waals surface area contributed by atoms with Gasteiger partial charge < -0.3 is 15.7 Å². The normalized spacial score (nSPS) is 21.6. The second-order valence-corrected chi connectivity index (χ2v) is 5.96. The molecule has 0 aliphatic heterocycles. The number of nitrogens with one attached hydrogen (secondary N) is 2. The van der Waals surface area contributed by atoms with Crippen LogP contribution < -0.4 is 10.6 Å². The molecule has 2 unspecified atom stereocenters. The molecular formula is C13H19N3O3S. The summed E-state index contributed by atoms with van der Waals surface area (Å²) in [7, 11) is 0. The minimum absolute atomic E-state index is 0.255. The monoisotopic (exact) mass is 297 g/mol. The Kier molecular flexibility index (Phi) is 4.94. The van der Waals surface area contributed by atoms with Gasteiger partial charge in [0.2, 0.25) is 0 Å². The molecule has 20 heavy (non-hydrogen) atoms. The largest absolute Gasteiger partial charge is 0.481 e. The lowest BCUT2D eigenvalue weighted by atomic mass is 10.0. The van der Waals surface area contributed by atoms with Gasteiger partial charge in [0.1, 0.15) is 0 Å². The number of rotatable bonds is 5. The third kappa shape index (κ3) is 3.93. The number of thiazole rings is 1. The third-order valence-corrected chi connectivity index (χ3v) is 4.47. The van der Waals surface area contributed by atoms with E-state index in [9.17, 15) is 9.59 Å². The van der Waals surface area contributed by atoms with E-state index >= 15 is 0 Å². The molecule has 6 nitrogen and oxygen atoms in total. The summed E-state index contributed by atoms with van der Waals surface area (Å²) < 4.78 is 0. The molecular weight excluding hydrogens is 278 g/mol. The number of carbonyl (C=O) groups excluding carboxylic acids is 1. The zero-order valence-electron chi connectivity index (χ0n) is 11.4. The Morgan fingerprint density at radius 2 is 2.30 bits per heavy atom. The van der Waals surface area contributed by atoms with Crippen molar-refractivity contribution in [2.45, 2.75) is 38.6 Å². The van der Waals surface area contributed by atoms with Crippen LogP contribution in [0.4, 0.5) is 4.79 Å². The topological polar surface area (TPSA) is 91.3 Å². The van der Waals surface area contributed by atoms with Crippen LogP contribution in [0.2, 0.25) is 0 Å². The first-order valence-electron chi connectivity index (χ1n) is 6.74. The molecule has 1 fully saturated rings. The van der Waals surface area contributed by atoms with Crippen LogP contribution in [0.3, 0.4) is 0 Å². The first kappa shape index (κ1) is 14.8. The maximum atomic E-state index is 11.7. The number of aromatic nitrogens is 1. The van der Waals surface area contributed by atoms with E-state index in [1.807, 2.05) is 12.3 Å². The highest BCUT2D eigenvalue weighted by Gasteiger charge is 2.33. The number of hydrogen-bond donors (Lipinski definition) is 3. The van der Waals surface area contributed by atoms with Crippen LogP contribution in [0, 0.1) is 12.8 Å². The maximum absolute atomic E-state index is 11.7. The van der Waals surface area contributed by atoms with E-state index in [-0.39, 0.29) is 12.1 Å². The minimum Gasteiger partial charge on any atom is -0.481 e. The van der Waals surface area contributed by atoms with Gasteiger partial charge in [-0.3, -0.25) is 4.79 Å². The van der Waals surface area contributed by atoms with E-state index in [4.69, 9.17) is 5.11 Å². The molecule has 1 aromatic heterocycles. The number of amides is 2. The quantitative estimate of drug-likeness (QED) is 0.769. The molecule has 1 aromatic rings. The molecule has 1 aliphatic carbocycles. The van der Waals surface area contributed by atoms with Crippen molar-refractivity contribution in [3.8, 4) is 0 Å². The van der Waals surface area contributed by atoms with Crippen LogP contribution in [0.5, 0.6) is 0 Å². The SMILES string of the molecule is Cc1csc(CCNC(=O)NC2CCCC2C(=O)O)n1. The van der Waals surface area contributed by atoms with Crippen molar-refractivity contribution < 1.29 is 14.7 Å². The van der Waals surface area contributed by atoms with E-state index < -0.39 is 11.9 Å². The van der Waals surface area contributed by atoms with E-state index in [0.717, 1.165) is 23.5 Å². The van der Waals surface area contributed by atoms with Gasteiger partial charge in [-0.2, -0.15) is 0 Å². The van der Waals surface area contributed by atoms with Crippen LogP contribution in [-0.4, -0.2) is 34.7 Å². The van der Waals surface area contributed by atoms with Crippen molar-refractivity contribution in [1.82, 2.24) is 15.6 Å². The van der Waals surface area contributed by atoms with Crippen molar-refractivity contribution in [3.63, 3.8) is 0 Å². The highest BCUT2D eigenvalue weighted by Crippen LogP contribution is 2.25. The number of urea groups is 1. The van der Waals surface area contributed by atoms with Gasteiger partial charge >= 0.3 is 12.0 Å². The molecule has 3 N–H and O–H groups in total. The Labute approximate surface area is 121 Å². The molecule has 7 heteroatoms. The molecule has 2 atom stereocenters. The summed E-state index contributed by atoms with van der Waals surface area (Å²) in [5.41, 5.74) is 0.990. The van der Waals surface area contributed by atoms with Gasteiger partial charge in [-0.25, -0.2) is 9.78 Å². The molecule has 1 aliphatic rings. The standard InChI is InChI=1S/C13H19N3O3S/c1-8-7-20-11(15-8)5-6-14-13(19)16-10-4-2-3-9(10)12(17)18/h7,9-10H,2-6H2,1H3,(H,17,18)(H2,14,16,19). The molecule has 0 radical (unpaired) electrons. The van der Waals surface area contributed by atoms with E-state index in [1.54, 1.807) is 11.3 Å². The number of aliphatic carboxylic acids is 1. The molecule has 1 saturated carbocycles. The number of nitrogens with zero attached hydrogens (tertiary/aromatic N) is 1. The first-order valence-corrected chi connectivity index (χ1v) is 7.62. The van der Waals surface area contributed by atoms with E-state index in [2.05, 4.69) is 15.6 Å². The summed E-state index contributed by atoms with van der Waals surface area (Å²) in [6, 6.07) is -0.550. The smallest absolute Gasteiger partial charge is 0.315 e. The average molecular weight is 297 g/mol. The Morgan fingerprint density at radius 1 is 1.50 bits per heavy atom. The zero-order valence-corrected chi connectivity index (χ0v) is 12.2. The van der Waals surface area contributed by atoms with Crippen molar-refractivity contribution in [2.24, 2.45) is 5.92 Å². The van der Waals surface area contributed by atoms with Gasteiger partial charge in [0, 0.05) is 30.1 Å². The van der Waals surface area contributed by atoms with E-state index in [1.165, 1.54) is 0 Å². The van der Waals surface area contributed by atoms with Crippen molar-refractivity contribution >= 4 is 23.3 Å². The van der Waals surface area contributed by atoms with Gasteiger partial charge in [-0.1, -0.05) is 6.42 Å². The maximum Gasteiger partial charge on any atom is 0.315 e. The van der Waals surface area contributed by atoms with Crippen LogP contribution in [0.15, 0.2) is 5.38 Å². The number of carboxylic acids is 1. The van der Waals surface area contributed by atoms with Crippen LogP contribution in [0.1, 0.15) is 30.0 Å². The summed E-state index contributed by atoms with van der Waals surface area (Å²) in [6.45, 7) is 2.44. The summed E-state index contributed by atoms with van der Waals surface area (Å²) >= 11 is 1.58. The van der Waals surface area contributed by atoms with E-state index in [0.29, 0.717) is 19.4 Å². The molecule has 1 heterocycles. The number of aryl methyl sites for hydroxylation is 1. The lowest BCUT2D eigenvalue weighted by molar-refractivity contribution is -0.142. The van der Waals surface area contributed by atoms with Gasteiger partial charge in [0.05, 0.1) is 10.9 Å². The Morgan fingerprint density at radius 3 is 2.95 bits per heavy atom.